The fourth-order valence-electron chi connectivity index (χ4n) is 0.392. The van der Waals surface area contributed by atoms with Gasteiger partial charge in [0.25, 0.3) is 0 Å². The normalized spacial score (nSPS) is 9.25. The number of nitrogens with zero attached hydrogens (tertiary/aromatic N) is 1. The van der Waals surface area contributed by atoms with Crippen molar-refractivity contribution >= 4 is 12.6 Å². The zero-order valence-electron chi connectivity index (χ0n) is 4.00. The summed E-state index contributed by atoms with van der Waals surface area (Å²) in [5, 5.41) is 0. The SMILES string of the molecule is Fc1cc(S)ccn1. The van der Waals surface area contributed by atoms with Crippen LogP contribution in [0.2, 0.25) is 0 Å². The van der Waals surface area contributed by atoms with Crippen LogP contribution < -0.4 is 0 Å². The number of halogens is 1. The van der Waals surface area contributed by atoms with E-state index < -0.39 is 5.95 Å². The van der Waals surface area contributed by atoms with Crippen LogP contribution in [0.1, 0.15) is 0 Å². The Labute approximate surface area is 52.0 Å². The van der Waals surface area contributed by atoms with Crippen LogP contribution in [0, 0.1) is 5.95 Å². The number of hydrogen-bond donors (Lipinski definition) is 1. The second-order valence-electron chi connectivity index (χ2n) is 1.34. The molecule has 1 aromatic heterocycles. The number of thiol groups is 1. The fraction of sp³-hybridized carbons (Fsp3) is 0. The van der Waals surface area contributed by atoms with Gasteiger partial charge in [-0.15, -0.1) is 12.6 Å². The second kappa shape index (κ2) is 2.13. The van der Waals surface area contributed by atoms with Gasteiger partial charge in [0.05, 0.1) is 0 Å². The summed E-state index contributed by atoms with van der Waals surface area (Å²) in [7, 11) is 0. The molecule has 0 aliphatic heterocycles. The maximum absolute atomic E-state index is 12.0. The molecule has 0 saturated heterocycles. The van der Waals surface area contributed by atoms with Gasteiger partial charge in [-0.05, 0) is 6.07 Å². The van der Waals surface area contributed by atoms with E-state index in [0.29, 0.717) is 4.90 Å². The van der Waals surface area contributed by atoms with Crippen molar-refractivity contribution in [1.82, 2.24) is 4.98 Å². The second-order valence-corrected chi connectivity index (χ2v) is 1.85. The average molecular weight is 129 g/mol. The van der Waals surface area contributed by atoms with Crippen LogP contribution in [0.25, 0.3) is 0 Å². The number of aromatic nitrogens is 1. The first-order valence-corrected chi connectivity index (χ1v) is 2.54. The zero-order chi connectivity index (χ0) is 5.98. The third-order valence-corrected chi connectivity index (χ3v) is 0.988. The lowest BCUT2D eigenvalue weighted by atomic mass is 10.5. The van der Waals surface area contributed by atoms with Crippen molar-refractivity contribution in [3.63, 3.8) is 0 Å². The van der Waals surface area contributed by atoms with Gasteiger partial charge in [0, 0.05) is 17.2 Å². The molecular formula is C5H4FNS. The predicted molar refractivity (Wildman–Crippen MR) is 31.4 cm³/mol. The van der Waals surface area contributed by atoms with Gasteiger partial charge in [-0.25, -0.2) is 4.98 Å². The van der Waals surface area contributed by atoms with Gasteiger partial charge in [0.1, 0.15) is 0 Å². The van der Waals surface area contributed by atoms with Crippen molar-refractivity contribution in [2.24, 2.45) is 0 Å². The van der Waals surface area contributed by atoms with Gasteiger partial charge in [0.15, 0.2) is 0 Å². The third-order valence-electron chi connectivity index (χ3n) is 0.710. The van der Waals surface area contributed by atoms with E-state index >= 15 is 0 Å². The largest absolute Gasteiger partial charge is 0.228 e. The molecule has 1 nitrogen and oxygen atoms in total. The standard InChI is InChI=1S/C5H4FNS/c6-5-3-4(8)1-2-7-5/h1-3H,(H,7,8). The Morgan fingerprint density at radius 1 is 1.62 bits per heavy atom. The molecule has 0 radical (unpaired) electrons. The highest BCUT2D eigenvalue weighted by Gasteiger charge is 1.87. The lowest BCUT2D eigenvalue weighted by Gasteiger charge is -1.85. The van der Waals surface area contributed by atoms with E-state index in [0.717, 1.165) is 0 Å². The van der Waals surface area contributed by atoms with Gasteiger partial charge >= 0.3 is 0 Å². The fourth-order valence-corrected chi connectivity index (χ4v) is 0.565. The van der Waals surface area contributed by atoms with Crippen molar-refractivity contribution in [1.29, 1.82) is 0 Å². The highest BCUT2D eigenvalue weighted by atomic mass is 32.1. The lowest BCUT2D eigenvalue weighted by Crippen LogP contribution is -1.77. The molecule has 0 bridgehead atoms. The van der Waals surface area contributed by atoms with E-state index in [-0.39, 0.29) is 0 Å². The Bertz CT molecular complexity index is 172. The molecule has 1 heterocycles. The highest BCUT2D eigenvalue weighted by molar-refractivity contribution is 7.80. The smallest absolute Gasteiger partial charge is 0.213 e. The van der Waals surface area contributed by atoms with Crippen molar-refractivity contribution in [3.8, 4) is 0 Å². The maximum atomic E-state index is 12.0. The average Bonchev–Trinajstić information content (AvgIpc) is 1.64. The van der Waals surface area contributed by atoms with Crippen molar-refractivity contribution < 1.29 is 4.39 Å². The summed E-state index contributed by atoms with van der Waals surface area (Å²) in [6.45, 7) is 0. The minimum absolute atomic E-state index is 0.488. The van der Waals surface area contributed by atoms with Crippen LogP contribution in [0.4, 0.5) is 4.39 Å². The number of pyridine rings is 1. The summed E-state index contributed by atoms with van der Waals surface area (Å²) >= 11 is 3.87. The molecule has 1 aromatic rings. The lowest BCUT2D eigenvalue weighted by molar-refractivity contribution is 0.580. The monoisotopic (exact) mass is 129 g/mol. The number of hydrogen-bond acceptors (Lipinski definition) is 2. The molecule has 0 saturated carbocycles. The summed E-state index contributed by atoms with van der Waals surface area (Å²) in [4.78, 5) is 3.92. The molecule has 3 heteroatoms. The Kier molecular flexibility index (Phi) is 1.48. The molecule has 0 aliphatic carbocycles. The zero-order valence-corrected chi connectivity index (χ0v) is 4.90. The van der Waals surface area contributed by atoms with Crippen molar-refractivity contribution in [3.05, 3.63) is 24.3 Å². The molecule has 0 spiro atoms. The molecule has 0 atom stereocenters. The van der Waals surface area contributed by atoms with Crippen LogP contribution in [0.15, 0.2) is 23.2 Å². The molecule has 0 fully saturated rings. The summed E-state index contributed by atoms with van der Waals surface area (Å²) in [6, 6.07) is 2.87. The topological polar surface area (TPSA) is 12.9 Å². The van der Waals surface area contributed by atoms with Crippen LogP contribution in [0.3, 0.4) is 0 Å². The molecule has 0 N–H and O–H groups in total. The van der Waals surface area contributed by atoms with Gasteiger partial charge in [-0.2, -0.15) is 4.39 Å². The van der Waals surface area contributed by atoms with E-state index in [1.807, 2.05) is 0 Å². The summed E-state index contributed by atoms with van der Waals surface area (Å²) in [5.74, 6) is -0.488. The summed E-state index contributed by atoms with van der Waals surface area (Å²) in [5.41, 5.74) is 0. The quantitative estimate of drug-likeness (QED) is 0.414. The van der Waals surface area contributed by atoms with E-state index in [1.165, 1.54) is 12.3 Å². The molecule has 8 heavy (non-hydrogen) atoms. The van der Waals surface area contributed by atoms with Gasteiger partial charge < -0.3 is 0 Å². The van der Waals surface area contributed by atoms with Crippen LogP contribution in [0.5, 0.6) is 0 Å². The Morgan fingerprint density at radius 3 is 2.75 bits per heavy atom. The molecule has 0 unspecified atom stereocenters. The van der Waals surface area contributed by atoms with Gasteiger partial charge in [0.2, 0.25) is 5.95 Å². The maximum Gasteiger partial charge on any atom is 0.213 e. The first-order valence-electron chi connectivity index (χ1n) is 2.09. The molecule has 1 rings (SSSR count). The first-order chi connectivity index (χ1) is 3.79. The Hall–Kier alpha value is -0.570. The van der Waals surface area contributed by atoms with Crippen LogP contribution in [-0.2, 0) is 0 Å². The van der Waals surface area contributed by atoms with E-state index in [4.69, 9.17) is 0 Å². The van der Waals surface area contributed by atoms with Gasteiger partial charge in [-0.3, -0.25) is 0 Å². The predicted octanol–water partition coefficient (Wildman–Crippen LogP) is 1.51. The third kappa shape index (κ3) is 1.20. The molecule has 0 amide bonds. The Morgan fingerprint density at radius 2 is 2.38 bits per heavy atom. The summed E-state index contributed by atoms with van der Waals surface area (Å²) < 4.78 is 12.0. The molecule has 0 aromatic carbocycles. The first kappa shape index (κ1) is 5.56. The molecule has 42 valence electrons. The van der Waals surface area contributed by atoms with Crippen molar-refractivity contribution in [2.45, 2.75) is 4.90 Å². The van der Waals surface area contributed by atoms with E-state index in [2.05, 4.69) is 17.6 Å². The van der Waals surface area contributed by atoms with Crippen molar-refractivity contribution in [2.75, 3.05) is 0 Å². The number of rotatable bonds is 0. The Balaban J connectivity index is 3.08. The minimum atomic E-state index is -0.488. The minimum Gasteiger partial charge on any atom is -0.228 e. The molecular weight excluding hydrogens is 125 g/mol. The van der Waals surface area contributed by atoms with Crippen LogP contribution >= 0.6 is 12.6 Å². The van der Waals surface area contributed by atoms with Crippen LogP contribution in [-0.4, -0.2) is 4.98 Å². The van der Waals surface area contributed by atoms with E-state index in [1.54, 1.807) is 6.07 Å². The molecule has 0 aliphatic rings. The van der Waals surface area contributed by atoms with Gasteiger partial charge in [-0.1, -0.05) is 0 Å². The van der Waals surface area contributed by atoms with E-state index in [9.17, 15) is 4.39 Å². The summed E-state index contributed by atoms with van der Waals surface area (Å²) in [6.07, 6.45) is 1.37. The highest BCUT2D eigenvalue weighted by Crippen LogP contribution is 2.03.